The fraction of sp³-hybridized carbons (Fsp3) is 0.0455. The second-order valence-electron chi connectivity index (χ2n) is 12.4. The van der Waals surface area contributed by atoms with E-state index in [0.717, 1.165) is 6.54 Å². The zero-order valence-corrected chi connectivity index (χ0v) is 25.5. The Balaban J connectivity index is 1.18. The summed E-state index contributed by atoms with van der Waals surface area (Å²) in [7, 11) is 0. The van der Waals surface area contributed by atoms with Crippen molar-refractivity contribution in [2.24, 2.45) is 0 Å². The van der Waals surface area contributed by atoms with Gasteiger partial charge in [0.1, 0.15) is 0 Å². The van der Waals surface area contributed by atoms with Crippen LogP contribution in [0.1, 0.15) is 6.92 Å². The van der Waals surface area contributed by atoms with Gasteiger partial charge in [-0.25, -0.2) is 0 Å². The summed E-state index contributed by atoms with van der Waals surface area (Å²) in [5.74, 6) is 0. The zero-order valence-electron chi connectivity index (χ0n) is 25.5. The van der Waals surface area contributed by atoms with Crippen LogP contribution in [0.5, 0.6) is 0 Å². The Bertz CT molecular complexity index is 2780. The van der Waals surface area contributed by atoms with Crippen LogP contribution in [-0.2, 0) is 6.54 Å². The first-order valence-corrected chi connectivity index (χ1v) is 16.2. The molecule has 0 N–H and O–H groups in total. The highest BCUT2D eigenvalue weighted by atomic mass is 15.0. The molecule has 0 amide bonds. The lowest BCUT2D eigenvalue weighted by atomic mass is 9.91. The maximum atomic E-state index is 2.45. The molecule has 0 aliphatic carbocycles. The van der Waals surface area contributed by atoms with E-state index in [9.17, 15) is 0 Å². The minimum absolute atomic E-state index is 0.944. The first-order chi connectivity index (χ1) is 22.8. The van der Waals surface area contributed by atoms with Gasteiger partial charge in [-0.1, -0.05) is 103 Å². The summed E-state index contributed by atoms with van der Waals surface area (Å²) in [6, 6.07) is 56.1. The average molecular weight is 587 g/mol. The Morgan fingerprint density at radius 1 is 0.348 bits per heavy atom. The van der Waals surface area contributed by atoms with Gasteiger partial charge in [0.2, 0.25) is 0 Å². The third-order valence-electron chi connectivity index (χ3n) is 10.1. The number of rotatable bonds is 3. The number of fused-ring (bicyclic) bond motifs is 12. The average Bonchev–Trinajstić information content (AvgIpc) is 3.63. The lowest BCUT2D eigenvalue weighted by Crippen LogP contribution is -1.93. The van der Waals surface area contributed by atoms with Crippen molar-refractivity contribution in [1.82, 2.24) is 9.13 Å². The molecule has 0 saturated carbocycles. The van der Waals surface area contributed by atoms with Gasteiger partial charge in [0.15, 0.2) is 0 Å². The van der Waals surface area contributed by atoms with Gasteiger partial charge in [-0.15, -0.1) is 0 Å². The molecular weight excluding hydrogens is 556 g/mol. The normalized spacial score (nSPS) is 12.1. The summed E-state index contributed by atoms with van der Waals surface area (Å²) in [4.78, 5) is 0. The van der Waals surface area contributed by atoms with Crippen molar-refractivity contribution in [3.05, 3.63) is 152 Å². The molecule has 46 heavy (non-hydrogen) atoms. The highest BCUT2D eigenvalue weighted by Gasteiger charge is 2.16. The molecule has 2 heteroatoms. The van der Waals surface area contributed by atoms with Crippen molar-refractivity contribution >= 4 is 75.9 Å². The van der Waals surface area contributed by atoms with Crippen molar-refractivity contribution in [2.75, 3.05) is 0 Å². The number of benzene rings is 8. The number of aryl methyl sites for hydroxylation is 1. The first-order valence-electron chi connectivity index (χ1n) is 16.2. The van der Waals surface area contributed by atoms with Crippen LogP contribution in [0.2, 0.25) is 0 Å². The van der Waals surface area contributed by atoms with Crippen LogP contribution in [0, 0.1) is 0 Å². The smallest absolute Gasteiger partial charge is 0.0541 e. The Labute approximate surface area is 266 Å². The molecule has 216 valence electrons. The zero-order chi connectivity index (χ0) is 30.4. The van der Waals surface area contributed by atoms with Gasteiger partial charge < -0.3 is 9.13 Å². The van der Waals surface area contributed by atoms with Crippen LogP contribution < -0.4 is 0 Å². The molecule has 0 atom stereocenters. The molecular formula is C44H30N2. The largest absolute Gasteiger partial charge is 0.341 e. The lowest BCUT2D eigenvalue weighted by molar-refractivity contribution is 0.827. The number of hydrogen-bond donors (Lipinski definition) is 0. The van der Waals surface area contributed by atoms with Gasteiger partial charge in [0.25, 0.3) is 0 Å². The quantitative estimate of drug-likeness (QED) is 0.182. The molecule has 8 aromatic carbocycles. The molecule has 0 radical (unpaired) electrons. The van der Waals surface area contributed by atoms with Gasteiger partial charge in [-0.3, -0.25) is 0 Å². The summed E-state index contributed by atoms with van der Waals surface area (Å²) in [5, 5.41) is 13.0. The Hall–Kier alpha value is -5.86. The number of hydrogen-bond acceptors (Lipinski definition) is 0. The number of nitrogens with zero attached hydrogens (tertiary/aromatic N) is 2. The van der Waals surface area contributed by atoms with E-state index < -0.39 is 0 Å². The van der Waals surface area contributed by atoms with E-state index in [0.29, 0.717) is 0 Å². The topological polar surface area (TPSA) is 9.86 Å². The van der Waals surface area contributed by atoms with E-state index >= 15 is 0 Å². The van der Waals surface area contributed by atoms with Crippen molar-refractivity contribution in [1.29, 1.82) is 0 Å². The molecule has 2 aromatic heterocycles. The van der Waals surface area contributed by atoms with Gasteiger partial charge >= 0.3 is 0 Å². The van der Waals surface area contributed by atoms with Crippen LogP contribution in [0.25, 0.3) is 92.7 Å². The predicted octanol–water partition coefficient (Wildman–Crippen LogP) is 12.0. The summed E-state index contributed by atoms with van der Waals surface area (Å²) < 4.78 is 4.83. The summed E-state index contributed by atoms with van der Waals surface area (Å²) in [5.41, 5.74) is 8.70. The summed E-state index contributed by atoms with van der Waals surface area (Å²) >= 11 is 0. The minimum Gasteiger partial charge on any atom is -0.341 e. The first kappa shape index (κ1) is 25.5. The van der Waals surface area contributed by atoms with Gasteiger partial charge in [-0.2, -0.15) is 0 Å². The van der Waals surface area contributed by atoms with Crippen LogP contribution in [0.3, 0.4) is 0 Å². The maximum absolute atomic E-state index is 2.45. The highest BCUT2D eigenvalue weighted by molar-refractivity contribution is 6.29. The standard InChI is InChI=1S/C44H30N2/c1-2-45-41-16-8-5-15-36(41)40-26-38-33-24-21-29(25-37(33)31-11-3-4-12-32(31)39(38)27-44(40)45)28-19-22-30(23-20-28)46-42-17-9-6-13-34(42)35-14-7-10-18-43(35)46/h3-27H,2H2,1H3. The Kier molecular flexibility index (Phi) is 5.30. The van der Waals surface area contributed by atoms with Crippen molar-refractivity contribution in [2.45, 2.75) is 13.5 Å². The molecule has 0 unspecified atom stereocenters. The molecule has 2 heterocycles. The maximum Gasteiger partial charge on any atom is 0.0541 e. The molecule has 0 aliphatic rings. The molecule has 0 fully saturated rings. The molecule has 10 aromatic rings. The summed E-state index contributed by atoms with van der Waals surface area (Å²) in [6.45, 7) is 3.19. The van der Waals surface area contributed by atoms with Crippen molar-refractivity contribution in [3.8, 4) is 16.8 Å². The molecule has 0 aliphatic heterocycles. The second kappa shape index (κ2) is 9.57. The van der Waals surface area contributed by atoms with Gasteiger partial charge in [0.05, 0.1) is 11.0 Å². The molecule has 2 nitrogen and oxygen atoms in total. The Morgan fingerprint density at radius 3 is 1.46 bits per heavy atom. The molecule has 0 bridgehead atoms. The SMILES string of the molecule is CCn1c2ccccc2c2cc3c4ccc(-c5ccc(-n6c7ccccc7c7ccccc76)cc5)cc4c4ccccc4c3cc21. The van der Waals surface area contributed by atoms with E-state index in [1.165, 1.54) is 92.7 Å². The van der Waals surface area contributed by atoms with Crippen molar-refractivity contribution < 1.29 is 0 Å². The molecule has 0 saturated heterocycles. The third-order valence-corrected chi connectivity index (χ3v) is 10.1. The van der Waals surface area contributed by atoms with Crippen LogP contribution in [-0.4, -0.2) is 9.13 Å². The van der Waals surface area contributed by atoms with E-state index in [-0.39, 0.29) is 0 Å². The van der Waals surface area contributed by atoms with E-state index in [4.69, 9.17) is 0 Å². The van der Waals surface area contributed by atoms with Gasteiger partial charge in [-0.05, 0) is 98.9 Å². The van der Waals surface area contributed by atoms with E-state index in [2.05, 4.69) is 168 Å². The minimum atomic E-state index is 0.944. The lowest BCUT2D eigenvalue weighted by Gasteiger charge is -2.14. The monoisotopic (exact) mass is 586 g/mol. The van der Waals surface area contributed by atoms with Crippen LogP contribution in [0.15, 0.2) is 152 Å². The Morgan fingerprint density at radius 2 is 0.826 bits per heavy atom. The number of aromatic nitrogens is 2. The van der Waals surface area contributed by atoms with Gasteiger partial charge in [0, 0.05) is 44.8 Å². The highest BCUT2D eigenvalue weighted by Crippen LogP contribution is 2.41. The van der Waals surface area contributed by atoms with Crippen LogP contribution >= 0.6 is 0 Å². The van der Waals surface area contributed by atoms with Crippen molar-refractivity contribution in [3.63, 3.8) is 0 Å². The fourth-order valence-electron chi connectivity index (χ4n) is 8.02. The fourth-order valence-corrected chi connectivity index (χ4v) is 8.02. The van der Waals surface area contributed by atoms with E-state index in [1.54, 1.807) is 0 Å². The number of para-hydroxylation sites is 3. The second-order valence-corrected chi connectivity index (χ2v) is 12.4. The van der Waals surface area contributed by atoms with E-state index in [1.807, 2.05) is 0 Å². The third kappa shape index (κ3) is 3.47. The molecule has 10 rings (SSSR count). The predicted molar refractivity (Wildman–Crippen MR) is 197 cm³/mol. The van der Waals surface area contributed by atoms with Crippen LogP contribution in [0.4, 0.5) is 0 Å². The summed E-state index contributed by atoms with van der Waals surface area (Å²) in [6.07, 6.45) is 0. The molecule has 0 spiro atoms.